The molecule has 2 heterocycles. The van der Waals surface area contributed by atoms with Crippen molar-refractivity contribution in [1.29, 1.82) is 0 Å². The number of carbonyl (C=O) groups is 2. The zero-order valence-electron chi connectivity index (χ0n) is 12.7. The normalized spacial score (nSPS) is 14.8. The quantitative estimate of drug-likeness (QED) is 0.669. The molecule has 2 rings (SSSR count). The van der Waals surface area contributed by atoms with Crippen LogP contribution in [0, 0.1) is 0 Å². The first-order chi connectivity index (χ1) is 10.7. The molecule has 1 amide bonds. The summed E-state index contributed by atoms with van der Waals surface area (Å²) in [4.78, 5) is 24.2. The molecule has 1 N–H and O–H groups in total. The van der Waals surface area contributed by atoms with Gasteiger partial charge in [0, 0.05) is 31.8 Å². The van der Waals surface area contributed by atoms with Crippen molar-refractivity contribution in [2.45, 2.75) is 57.3 Å². The van der Waals surface area contributed by atoms with E-state index in [-0.39, 0.29) is 12.3 Å². The fraction of sp³-hybridized carbons (Fsp3) is 0.733. The van der Waals surface area contributed by atoms with Gasteiger partial charge in [-0.25, -0.2) is 0 Å². The van der Waals surface area contributed by atoms with E-state index in [1.54, 1.807) is 16.8 Å². The summed E-state index contributed by atoms with van der Waals surface area (Å²) < 4.78 is 0. The number of hydrogen-bond donors (Lipinski definition) is 1. The zero-order valence-corrected chi connectivity index (χ0v) is 13.6. The highest BCUT2D eigenvalue weighted by Crippen LogP contribution is 2.28. The number of aromatic nitrogens is 2. The standard InChI is InChI=1S/C15H23N3O3S/c19-13(7-5-3-1-2-4-6-8-14(20)21)18-9-12(10-18)15-17-16-11-22-15/h11-12H,1-10H2,(H,20,21). The van der Waals surface area contributed by atoms with Gasteiger partial charge in [-0.2, -0.15) is 0 Å². The molecule has 0 aromatic carbocycles. The molecule has 6 nitrogen and oxygen atoms in total. The highest BCUT2D eigenvalue weighted by molar-refractivity contribution is 7.09. The smallest absolute Gasteiger partial charge is 0.303 e. The van der Waals surface area contributed by atoms with E-state index >= 15 is 0 Å². The van der Waals surface area contributed by atoms with E-state index < -0.39 is 5.97 Å². The first-order valence-electron chi connectivity index (χ1n) is 7.92. The molecule has 1 aliphatic heterocycles. The topological polar surface area (TPSA) is 83.4 Å². The zero-order chi connectivity index (χ0) is 15.8. The minimum absolute atomic E-state index is 0.242. The van der Waals surface area contributed by atoms with Crippen LogP contribution < -0.4 is 0 Å². The van der Waals surface area contributed by atoms with E-state index in [1.165, 1.54) is 0 Å². The monoisotopic (exact) mass is 325 g/mol. The van der Waals surface area contributed by atoms with E-state index in [2.05, 4.69) is 10.2 Å². The molecule has 1 aromatic rings. The molecular weight excluding hydrogens is 302 g/mol. The van der Waals surface area contributed by atoms with Gasteiger partial charge in [-0.3, -0.25) is 9.59 Å². The lowest BCUT2D eigenvalue weighted by atomic mass is 10.00. The third-order valence-corrected chi connectivity index (χ3v) is 4.85. The highest BCUT2D eigenvalue weighted by Gasteiger charge is 2.33. The first kappa shape index (κ1) is 16.9. The summed E-state index contributed by atoms with van der Waals surface area (Å²) in [6.45, 7) is 1.56. The summed E-state index contributed by atoms with van der Waals surface area (Å²) >= 11 is 1.56. The molecule has 1 saturated heterocycles. The van der Waals surface area contributed by atoms with Crippen molar-refractivity contribution in [3.63, 3.8) is 0 Å². The molecule has 0 atom stereocenters. The van der Waals surface area contributed by atoms with Gasteiger partial charge in [0.05, 0.1) is 0 Å². The minimum atomic E-state index is -0.716. The summed E-state index contributed by atoms with van der Waals surface area (Å²) in [5.74, 6) is -0.0932. The number of amides is 1. The Hall–Kier alpha value is -1.50. The Labute approximate surface area is 134 Å². The Kier molecular flexibility index (Phi) is 6.76. The number of rotatable bonds is 10. The molecule has 22 heavy (non-hydrogen) atoms. The van der Waals surface area contributed by atoms with Crippen molar-refractivity contribution in [3.8, 4) is 0 Å². The molecule has 1 aromatic heterocycles. The summed E-state index contributed by atoms with van der Waals surface area (Å²) in [5, 5.41) is 17.4. The number of nitrogens with zero attached hydrogens (tertiary/aromatic N) is 3. The van der Waals surface area contributed by atoms with Gasteiger partial charge in [0.2, 0.25) is 5.91 Å². The molecule has 0 radical (unpaired) electrons. The third kappa shape index (κ3) is 5.36. The van der Waals surface area contributed by atoms with E-state index in [1.807, 2.05) is 4.90 Å². The summed E-state index contributed by atoms with van der Waals surface area (Å²) in [5.41, 5.74) is 1.73. The molecule has 1 aliphatic rings. The van der Waals surface area contributed by atoms with Gasteiger partial charge in [-0.1, -0.05) is 25.7 Å². The molecule has 122 valence electrons. The Bertz CT molecular complexity index is 472. The molecule has 0 aliphatic carbocycles. The summed E-state index contributed by atoms with van der Waals surface area (Å²) in [7, 11) is 0. The Morgan fingerprint density at radius 1 is 1.14 bits per heavy atom. The minimum Gasteiger partial charge on any atom is -0.481 e. The van der Waals surface area contributed by atoms with Crippen LogP contribution in [0.5, 0.6) is 0 Å². The van der Waals surface area contributed by atoms with Crippen molar-refractivity contribution >= 4 is 23.2 Å². The lowest BCUT2D eigenvalue weighted by molar-refractivity contribution is -0.137. The first-order valence-corrected chi connectivity index (χ1v) is 8.80. The molecule has 1 fully saturated rings. The fourth-order valence-electron chi connectivity index (χ4n) is 2.62. The van der Waals surface area contributed by atoms with Gasteiger partial charge in [0.1, 0.15) is 10.5 Å². The molecular formula is C15H23N3O3S. The van der Waals surface area contributed by atoms with Gasteiger partial charge in [0.15, 0.2) is 0 Å². The summed E-state index contributed by atoms with van der Waals surface area (Å²) in [6.07, 6.45) is 6.74. The van der Waals surface area contributed by atoms with Crippen LogP contribution in [0.25, 0.3) is 0 Å². The van der Waals surface area contributed by atoms with E-state index in [4.69, 9.17) is 5.11 Å². The predicted molar refractivity (Wildman–Crippen MR) is 83.8 cm³/mol. The number of carboxylic acids is 1. The molecule has 0 spiro atoms. The van der Waals surface area contributed by atoms with Gasteiger partial charge >= 0.3 is 5.97 Å². The van der Waals surface area contributed by atoms with E-state index in [0.717, 1.165) is 56.6 Å². The van der Waals surface area contributed by atoms with Crippen molar-refractivity contribution in [2.75, 3.05) is 13.1 Å². The van der Waals surface area contributed by atoms with E-state index in [9.17, 15) is 9.59 Å². The van der Waals surface area contributed by atoms with Gasteiger partial charge in [-0.15, -0.1) is 21.5 Å². The number of aliphatic carboxylic acids is 1. The summed E-state index contributed by atoms with van der Waals surface area (Å²) in [6, 6.07) is 0. The largest absolute Gasteiger partial charge is 0.481 e. The number of carboxylic acid groups (broad SMARTS) is 1. The maximum absolute atomic E-state index is 12.0. The van der Waals surface area contributed by atoms with Crippen molar-refractivity contribution < 1.29 is 14.7 Å². The van der Waals surface area contributed by atoms with Crippen molar-refractivity contribution in [2.24, 2.45) is 0 Å². The Morgan fingerprint density at radius 2 is 1.77 bits per heavy atom. The second kappa shape index (κ2) is 8.82. The van der Waals surface area contributed by atoms with Crippen molar-refractivity contribution in [1.82, 2.24) is 15.1 Å². The van der Waals surface area contributed by atoms with Crippen LogP contribution in [0.4, 0.5) is 0 Å². The van der Waals surface area contributed by atoms with Crippen LogP contribution in [-0.2, 0) is 9.59 Å². The average molecular weight is 325 g/mol. The van der Waals surface area contributed by atoms with Crippen LogP contribution >= 0.6 is 11.3 Å². The van der Waals surface area contributed by atoms with Gasteiger partial charge in [-0.05, 0) is 12.8 Å². The molecule has 0 unspecified atom stereocenters. The van der Waals surface area contributed by atoms with E-state index in [0.29, 0.717) is 12.3 Å². The average Bonchev–Trinajstić information content (AvgIpc) is 2.93. The lowest BCUT2D eigenvalue weighted by Gasteiger charge is -2.38. The maximum atomic E-state index is 12.0. The Morgan fingerprint density at radius 3 is 2.36 bits per heavy atom. The van der Waals surface area contributed by atoms with Crippen LogP contribution in [0.3, 0.4) is 0 Å². The lowest BCUT2D eigenvalue weighted by Crippen LogP contribution is -2.48. The van der Waals surface area contributed by atoms with Gasteiger partial charge in [0.25, 0.3) is 0 Å². The maximum Gasteiger partial charge on any atom is 0.303 e. The number of likely N-dealkylation sites (tertiary alicyclic amines) is 1. The highest BCUT2D eigenvalue weighted by atomic mass is 32.1. The number of unbranched alkanes of at least 4 members (excludes halogenated alkanes) is 5. The second-order valence-corrected chi connectivity index (χ2v) is 6.65. The second-order valence-electron chi connectivity index (χ2n) is 5.79. The van der Waals surface area contributed by atoms with Crippen LogP contribution in [0.1, 0.15) is 62.3 Å². The molecule has 0 bridgehead atoms. The van der Waals surface area contributed by atoms with Crippen LogP contribution in [-0.4, -0.2) is 45.2 Å². The SMILES string of the molecule is O=C(O)CCCCCCCCC(=O)N1CC(c2nncs2)C1. The Balaban J connectivity index is 1.45. The fourth-order valence-corrected chi connectivity index (χ4v) is 3.25. The van der Waals surface area contributed by atoms with Crippen molar-refractivity contribution in [3.05, 3.63) is 10.5 Å². The number of hydrogen-bond acceptors (Lipinski definition) is 5. The predicted octanol–water partition coefficient (Wildman–Crippen LogP) is 2.67. The third-order valence-electron chi connectivity index (χ3n) is 3.99. The van der Waals surface area contributed by atoms with Crippen LogP contribution in [0.15, 0.2) is 5.51 Å². The molecule has 0 saturated carbocycles. The molecule has 7 heteroatoms. The van der Waals surface area contributed by atoms with Gasteiger partial charge < -0.3 is 10.0 Å². The number of carbonyl (C=O) groups excluding carboxylic acids is 1. The van der Waals surface area contributed by atoms with Crippen LogP contribution in [0.2, 0.25) is 0 Å².